The van der Waals surface area contributed by atoms with Gasteiger partial charge in [0.2, 0.25) is 0 Å². The Morgan fingerprint density at radius 3 is 2.30 bits per heavy atom. The molecule has 1 aromatic carbocycles. The number of benzene rings is 1. The average Bonchev–Trinajstić information content (AvgIpc) is 2.41. The maximum Gasteiger partial charge on any atom is 0.175 e. The summed E-state index contributed by atoms with van der Waals surface area (Å²) in [5.74, 6) is 0.727. The van der Waals surface area contributed by atoms with Gasteiger partial charge in [0.05, 0.1) is 11.5 Å². The van der Waals surface area contributed by atoms with Crippen molar-refractivity contribution >= 4 is 9.84 Å². The molecule has 0 saturated heterocycles. The van der Waals surface area contributed by atoms with Gasteiger partial charge in [-0.15, -0.1) is 0 Å². The monoisotopic (exact) mass is 299 g/mol. The summed E-state index contributed by atoms with van der Waals surface area (Å²) >= 11 is 0. The van der Waals surface area contributed by atoms with Crippen LogP contribution in [0.25, 0.3) is 0 Å². The Morgan fingerprint density at radius 2 is 1.70 bits per heavy atom. The maximum absolute atomic E-state index is 11.3. The number of hydrogen-bond donors (Lipinski definition) is 1. The molecule has 0 aromatic heterocycles. The van der Waals surface area contributed by atoms with E-state index < -0.39 is 9.84 Å². The van der Waals surface area contributed by atoms with Gasteiger partial charge in [-0.3, -0.25) is 0 Å². The van der Waals surface area contributed by atoms with Crippen LogP contribution < -0.4 is 10.1 Å². The standard InChI is InChI=1S/C15H25NO3S/c1-3-16-12-6-4-5-7-13-19-14-8-10-15(11-9-14)20(2,17)18/h8-11,16H,3-7,12-13H2,1-2H3. The lowest BCUT2D eigenvalue weighted by molar-refractivity contribution is 0.304. The van der Waals surface area contributed by atoms with Gasteiger partial charge >= 0.3 is 0 Å². The van der Waals surface area contributed by atoms with Crippen molar-refractivity contribution in [3.8, 4) is 5.75 Å². The summed E-state index contributed by atoms with van der Waals surface area (Å²) in [7, 11) is -3.12. The molecule has 0 fully saturated rings. The highest BCUT2D eigenvalue weighted by Gasteiger charge is 2.06. The van der Waals surface area contributed by atoms with Crippen molar-refractivity contribution in [2.75, 3.05) is 26.0 Å². The normalized spacial score (nSPS) is 11.5. The first-order valence-electron chi connectivity index (χ1n) is 7.17. The van der Waals surface area contributed by atoms with Gasteiger partial charge in [-0.25, -0.2) is 8.42 Å². The molecule has 0 atom stereocenters. The van der Waals surface area contributed by atoms with E-state index in [4.69, 9.17) is 4.74 Å². The second-order valence-electron chi connectivity index (χ2n) is 4.86. The van der Waals surface area contributed by atoms with Gasteiger partial charge in [0, 0.05) is 6.26 Å². The Balaban J connectivity index is 2.16. The molecule has 0 unspecified atom stereocenters. The third kappa shape index (κ3) is 6.91. The summed E-state index contributed by atoms with van der Waals surface area (Å²) in [5, 5.41) is 3.30. The van der Waals surface area contributed by atoms with Crippen LogP contribution in [0.2, 0.25) is 0 Å². The summed E-state index contributed by atoms with van der Waals surface area (Å²) in [6.07, 6.45) is 5.81. The highest BCUT2D eigenvalue weighted by Crippen LogP contribution is 2.16. The van der Waals surface area contributed by atoms with Crippen LogP contribution >= 0.6 is 0 Å². The average molecular weight is 299 g/mol. The molecule has 1 rings (SSSR count). The van der Waals surface area contributed by atoms with Crippen LogP contribution in [0.15, 0.2) is 29.2 Å². The maximum atomic E-state index is 11.3. The van der Waals surface area contributed by atoms with E-state index in [-0.39, 0.29) is 0 Å². The van der Waals surface area contributed by atoms with E-state index in [1.165, 1.54) is 19.1 Å². The van der Waals surface area contributed by atoms with Crippen molar-refractivity contribution in [2.24, 2.45) is 0 Å². The number of unbranched alkanes of at least 4 members (excludes halogenated alkanes) is 3. The third-order valence-electron chi connectivity index (χ3n) is 3.02. The van der Waals surface area contributed by atoms with Crippen LogP contribution in [0, 0.1) is 0 Å². The van der Waals surface area contributed by atoms with Crippen molar-refractivity contribution in [1.82, 2.24) is 5.32 Å². The Labute approximate surface area is 122 Å². The number of sulfone groups is 1. The van der Waals surface area contributed by atoms with E-state index in [0.717, 1.165) is 31.7 Å². The van der Waals surface area contributed by atoms with Crippen LogP contribution in [0.1, 0.15) is 32.6 Å². The van der Waals surface area contributed by atoms with Gasteiger partial charge in [0.1, 0.15) is 5.75 Å². The number of ether oxygens (including phenoxy) is 1. The van der Waals surface area contributed by atoms with E-state index in [0.29, 0.717) is 11.5 Å². The van der Waals surface area contributed by atoms with Crippen molar-refractivity contribution in [3.05, 3.63) is 24.3 Å². The molecule has 5 heteroatoms. The molecule has 0 aliphatic heterocycles. The van der Waals surface area contributed by atoms with E-state index in [2.05, 4.69) is 12.2 Å². The van der Waals surface area contributed by atoms with Crippen LogP contribution in [0.5, 0.6) is 5.75 Å². The molecule has 0 amide bonds. The van der Waals surface area contributed by atoms with Gasteiger partial charge in [0.25, 0.3) is 0 Å². The molecule has 0 aliphatic carbocycles. The molecule has 0 radical (unpaired) electrons. The van der Waals surface area contributed by atoms with Gasteiger partial charge in [-0.2, -0.15) is 0 Å². The van der Waals surface area contributed by atoms with Crippen LogP contribution in [-0.4, -0.2) is 34.4 Å². The summed E-state index contributed by atoms with van der Waals surface area (Å²) in [6, 6.07) is 6.59. The predicted octanol–water partition coefficient (Wildman–Crippen LogP) is 2.64. The van der Waals surface area contributed by atoms with Gasteiger partial charge < -0.3 is 10.1 Å². The molecular weight excluding hydrogens is 274 g/mol. The number of nitrogens with one attached hydrogen (secondary N) is 1. The zero-order valence-electron chi connectivity index (χ0n) is 12.4. The van der Waals surface area contributed by atoms with Gasteiger partial charge in [0.15, 0.2) is 9.84 Å². The second-order valence-corrected chi connectivity index (χ2v) is 6.88. The van der Waals surface area contributed by atoms with Gasteiger partial charge in [-0.05, 0) is 50.2 Å². The highest BCUT2D eigenvalue weighted by molar-refractivity contribution is 7.90. The molecule has 0 aliphatic rings. The Morgan fingerprint density at radius 1 is 1.05 bits per heavy atom. The predicted molar refractivity (Wildman–Crippen MR) is 82.1 cm³/mol. The molecule has 0 heterocycles. The summed E-state index contributed by atoms with van der Waals surface area (Å²) in [5.41, 5.74) is 0. The topological polar surface area (TPSA) is 55.4 Å². The largest absolute Gasteiger partial charge is 0.494 e. The van der Waals surface area contributed by atoms with Crippen molar-refractivity contribution < 1.29 is 13.2 Å². The van der Waals surface area contributed by atoms with E-state index in [1.807, 2.05) is 0 Å². The fourth-order valence-corrected chi connectivity index (χ4v) is 2.49. The fourth-order valence-electron chi connectivity index (χ4n) is 1.86. The third-order valence-corrected chi connectivity index (χ3v) is 4.15. The first-order chi connectivity index (χ1) is 9.54. The Kier molecular flexibility index (Phi) is 7.62. The summed E-state index contributed by atoms with van der Waals surface area (Å²) in [4.78, 5) is 0.327. The smallest absolute Gasteiger partial charge is 0.175 e. The molecule has 0 saturated carbocycles. The molecule has 1 aromatic rings. The van der Waals surface area contributed by atoms with Crippen LogP contribution in [-0.2, 0) is 9.84 Å². The van der Waals surface area contributed by atoms with Crippen molar-refractivity contribution in [2.45, 2.75) is 37.5 Å². The fraction of sp³-hybridized carbons (Fsp3) is 0.600. The van der Waals surface area contributed by atoms with E-state index in [9.17, 15) is 8.42 Å². The van der Waals surface area contributed by atoms with Crippen molar-refractivity contribution in [3.63, 3.8) is 0 Å². The Hall–Kier alpha value is -1.07. The van der Waals surface area contributed by atoms with E-state index >= 15 is 0 Å². The van der Waals surface area contributed by atoms with E-state index in [1.54, 1.807) is 24.3 Å². The summed E-state index contributed by atoms with van der Waals surface area (Å²) in [6.45, 7) is 4.92. The van der Waals surface area contributed by atoms with Crippen LogP contribution in [0.3, 0.4) is 0 Å². The van der Waals surface area contributed by atoms with Crippen LogP contribution in [0.4, 0.5) is 0 Å². The number of rotatable bonds is 10. The van der Waals surface area contributed by atoms with Crippen molar-refractivity contribution in [1.29, 1.82) is 0 Å². The lowest BCUT2D eigenvalue weighted by Gasteiger charge is -2.07. The lowest BCUT2D eigenvalue weighted by atomic mass is 10.2. The lowest BCUT2D eigenvalue weighted by Crippen LogP contribution is -2.13. The summed E-state index contributed by atoms with van der Waals surface area (Å²) < 4.78 is 28.2. The molecular formula is C15H25NO3S. The SMILES string of the molecule is CCNCCCCCCOc1ccc(S(C)(=O)=O)cc1. The number of hydrogen-bond acceptors (Lipinski definition) is 4. The zero-order valence-corrected chi connectivity index (χ0v) is 13.2. The molecule has 4 nitrogen and oxygen atoms in total. The zero-order chi connectivity index (χ0) is 14.8. The second kappa shape index (κ2) is 8.97. The Bertz CT molecular complexity index is 468. The molecule has 20 heavy (non-hydrogen) atoms. The minimum absolute atomic E-state index is 0.327. The first kappa shape index (κ1) is 17.0. The van der Waals surface area contributed by atoms with Gasteiger partial charge in [-0.1, -0.05) is 19.8 Å². The molecule has 114 valence electrons. The molecule has 0 spiro atoms. The minimum Gasteiger partial charge on any atom is -0.494 e. The molecule has 1 N–H and O–H groups in total. The minimum atomic E-state index is -3.12. The molecule has 0 bridgehead atoms. The highest BCUT2D eigenvalue weighted by atomic mass is 32.2. The quantitative estimate of drug-likeness (QED) is 0.675. The first-order valence-corrected chi connectivity index (χ1v) is 9.07.